The standard InChI is InChI=1S/C11H17NO.C7H7NO2/c12-10(13)11-4-7-1-8(5-11)3-9(2-7)6-11;9-7(8-10)6-4-2-1-3-5-6/h7-9H,1-6H2,(H2,12,13);1-5,10H,(H,8,9). The van der Waals surface area contributed by atoms with Crippen LogP contribution in [0.15, 0.2) is 30.3 Å². The molecule has 4 N–H and O–H groups in total. The molecule has 0 heterocycles. The molecular formula is C18H24N2O3. The molecule has 4 bridgehead atoms. The minimum Gasteiger partial charge on any atom is -0.369 e. The fourth-order valence-electron chi connectivity index (χ4n) is 5.07. The highest BCUT2D eigenvalue weighted by Gasteiger charge is 2.53. The molecular weight excluding hydrogens is 292 g/mol. The normalized spacial score (nSPS) is 33.5. The highest BCUT2D eigenvalue weighted by Crippen LogP contribution is 2.59. The van der Waals surface area contributed by atoms with Crippen LogP contribution in [-0.4, -0.2) is 17.0 Å². The average Bonchev–Trinajstić information content (AvgIpc) is 2.54. The third-order valence-electron chi connectivity index (χ3n) is 5.70. The molecule has 2 amide bonds. The van der Waals surface area contributed by atoms with Crippen molar-refractivity contribution in [2.75, 3.05) is 0 Å². The molecule has 0 saturated heterocycles. The second-order valence-electron chi connectivity index (χ2n) is 7.37. The van der Waals surface area contributed by atoms with Gasteiger partial charge >= 0.3 is 0 Å². The van der Waals surface area contributed by atoms with Gasteiger partial charge in [-0.2, -0.15) is 0 Å². The van der Waals surface area contributed by atoms with Crippen LogP contribution in [0, 0.1) is 23.2 Å². The van der Waals surface area contributed by atoms with Crippen molar-refractivity contribution in [3.8, 4) is 0 Å². The lowest BCUT2D eigenvalue weighted by molar-refractivity contribution is -0.142. The van der Waals surface area contributed by atoms with E-state index in [0.717, 1.165) is 37.0 Å². The van der Waals surface area contributed by atoms with Gasteiger partial charge in [-0.3, -0.25) is 14.8 Å². The molecule has 0 unspecified atom stereocenters. The Kier molecular flexibility index (Phi) is 4.39. The van der Waals surface area contributed by atoms with E-state index in [1.54, 1.807) is 35.8 Å². The van der Waals surface area contributed by atoms with Gasteiger partial charge in [0.25, 0.3) is 5.91 Å². The van der Waals surface area contributed by atoms with Gasteiger partial charge < -0.3 is 5.73 Å². The van der Waals surface area contributed by atoms with Gasteiger partial charge in [0.15, 0.2) is 0 Å². The Hall–Kier alpha value is -1.88. The summed E-state index contributed by atoms with van der Waals surface area (Å²) in [5.41, 5.74) is 7.48. The van der Waals surface area contributed by atoms with Crippen molar-refractivity contribution in [1.82, 2.24) is 5.48 Å². The van der Waals surface area contributed by atoms with Crippen molar-refractivity contribution in [3.63, 3.8) is 0 Å². The van der Waals surface area contributed by atoms with Gasteiger partial charge in [-0.05, 0) is 68.4 Å². The summed E-state index contributed by atoms with van der Waals surface area (Å²) in [6.07, 6.45) is 7.46. The highest BCUT2D eigenvalue weighted by atomic mass is 16.5. The predicted molar refractivity (Wildman–Crippen MR) is 85.5 cm³/mol. The maximum absolute atomic E-state index is 11.5. The van der Waals surface area contributed by atoms with E-state index in [4.69, 9.17) is 10.9 Å². The number of nitrogens with one attached hydrogen (secondary N) is 1. The van der Waals surface area contributed by atoms with Crippen molar-refractivity contribution in [2.45, 2.75) is 38.5 Å². The molecule has 4 aliphatic rings. The number of carbonyl (C=O) groups is 2. The molecule has 23 heavy (non-hydrogen) atoms. The molecule has 4 fully saturated rings. The largest absolute Gasteiger partial charge is 0.369 e. The molecule has 5 nitrogen and oxygen atoms in total. The minimum absolute atomic E-state index is 0.00778. The summed E-state index contributed by atoms with van der Waals surface area (Å²) < 4.78 is 0. The fraction of sp³-hybridized carbons (Fsp3) is 0.556. The first-order chi connectivity index (χ1) is 11.0. The summed E-state index contributed by atoms with van der Waals surface area (Å²) in [7, 11) is 0. The van der Waals surface area contributed by atoms with Gasteiger partial charge in [-0.1, -0.05) is 18.2 Å². The third-order valence-corrected chi connectivity index (χ3v) is 5.70. The number of rotatable bonds is 2. The van der Waals surface area contributed by atoms with Crippen molar-refractivity contribution >= 4 is 11.8 Å². The first-order valence-corrected chi connectivity index (χ1v) is 8.32. The molecule has 1 aromatic rings. The van der Waals surface area contributed by atoms with Crippen LogP contribution in [0.25, 0.3) is 0 Å². The van der Waals surface area contributed by atoms with Crippen LogP contribution >= 0.6 is 0 Å². The van der Waals surface area contributed by atoms with Crippen LogP contribution in [0.3, 0.4) is 0 Å². The smallest absolute Gasteiger partial charge is 0.274 e. The number of amides is 2. The first-order valence-electron chi connectivity index (χ1n) is 8.32. The quantitative estimate of drug-likeness (QED) is 0.578. The zero-order valence-electron chi connectivity index (χ0n) is 13.2. The van der Waals surface area contributed by atoms with E-state index in [0.29, 0.717) is 5.56 Å². The van der Waals surface area contributed by atoms with E-state index in [-0.39, 0.29) is 11.3 Å². The number of hydrogen-bond donors (Lipinski definition) is 3. The number of nitrogens with two attached hydrogens (primary N) is 1. The SMILES string of the molecule is NC(=O)C12CC3CC(CC(C3)C1)C2.O=C(NO)c1ccccc1. The maximum Gasteiger partial charge on any atom is 0.274 e. The summed E-state index contributed by atoms with van der Waals surface area (Å²) in [6, 6.07) is 8.49. The first kappa shape index (κ1) is 16.0. The molecule has 0 atom stereocenters. The lowest BCUT2D eigenvalue weighted by Crippen LogP contribution is -2.52. The number of hydroxylamine groups is 1. The van der Waals surface area contributed by atoms with Crippen LogP contribution in [0.2, 0.25) is 0 Å². The second-order valence-corrected chi connectivity index (χ2v) is 7.37. The zero-order chi connectivity index (χ0) is 16.4. The molecule has 0 spiro atoms. The topological polar surface area (TPSA) is 92.4 Å². The van der Waals surface area contributed by atoms with E-state index in [2.05, 4.69) is 0 Å². The number of primary amides is 1. The molecule has 124 valence electrons. The third kappa shape index (κ3) is 3.24. The molecule has 1 aromatic carbocycles. The monoisotopic (exact) mass is 316 g/mol. The zero-order valence-corrected chi connectivity index (χ0v) is 13.2. The molecule has 4 saturated carbocycles. The number of carbonyl (C=O) groups excluding carboxylic acids is 2. The van der Waals surface area contributed by atoms with Gasteiger partial charge in [-0.25, -0.2) is 5.48 Å². The van der Waals surface area contributed by atoms with Crippen molar-refractivity contribution in [2.24, 2.45) is 28.9 Å². The molecule has 5 rings (SSSR count). The van der Waals surface area contributed by atoms with Crippen LogP contribution in [0.5, 0.6) is 0 Å². The predicted octanol–water partition coefficient (Wildman–Crippen LogP) is 2.49. The Morgan fingerprint density at radius 3 is 1.87 bits per heavy atom. The van der Waals surface area contributed by atoms with E-state index in [9.17, 15) is 9.59 Å². The van der Waals surface area contributed by atoms with E-state index in [1.165, 1.54) is 19.3 Å². The van der Waals surface area contributed by atoms with Gasteiger partial charge in [-0.15, -0.1) is 0 Å². The Balaban J connectivity index is 0.000000142. The van der Waals surface area contributed by atoms with Crippen molar-refractivity contribution in [3.05, 3.63) is 35.9 Å². The maximum atomic E-state index is 11.5. The molecule has 0 aliphatic heterocycles. The fourth-order valence-corrected chi connectivity index (χ4v) is 5.07. The van der Waals surface area contributed by atoms with Gasteiger partial charge in [0.1, 0.15) is 0 Å². The summed E-state index contributed by atoms with van der Waals surface area (Å²) in [4.78, 5) is 22.1. The average molecular weight is 316 g/mol. The summed E-state index contributed by atoms with van der Waals surface area (Å²) >= 11 is 0. The second kappa shape index (κ2) is 6.32. The molecule has 4 aliphatic carbocycles. The summed E-state index contributed by atoms with van der Waals surface area (Å²) in [5, 5.41) is 8.19. The Bertz CT molecular complexity index is 550. The Morgan fingerprint density at radius 1 is 1.00 bits per heavy atom. The molecule has 5 heteroatoms. The summed E-state index contributed by atoms with van der Waals surface area (Å²) in [5.74, 6) is 2.00. The van der Waals surface area contributed by atoms with Gasteiger partial charge in [0.05, 0.1) is 0 Å². The lowest BCUT2D eigenvalue weighted by atomic mass is 9.49. The van der Waals surface area contributed by atoms with Crippen molar-refractivity contribution < 1.29 is 14.8 Å². The minimum atomic E-state index is -0.486. The van der Waals surface area contributed by atoms with Crippen molar-refractivity contribution in [1.29, 1.82) is 0 Å². The van der Waals surface area contributed by atoms with E-state index >= 15 is 0 Å². The molecule has 0 aromatic heterocycles. The molecule has 0 radical (unpaired) electrons. The van der Waals surface area contributed by atoms with E-state index < -0.39 is 5.91 Å². The summed E-state index contributed by atoms with van der Waals surface area (Å²) in [6.45, 7) is 0. The number of benzene rings is 1. The Morgan fingerprint density at radius 2 is 1.48 bits per heavy atom. The highest BCUT2D eigenvalue weighted by molar-refractivity contribution is 5.93. The van der Waals surface area contributed by atoms with Gasteiger partial charge in [0, 0.05) is 11.0 Å². The van der Waals surface area contributed by atoms with Gasteiger partial charge in [0.2, 0.25) is 5.91 Å². The van der Waals surface area contributed by atoms with Crippen LogP contribution < -0.4 is 11.2 Å². The van der Waals surface area contributed by atoms with Crippen LogP contribution in [0.4, 0.5) is 0 Å². The van der Waals surface area contributed by atoms with E-state index in [1.807, 2.05) is 0 Å². The van der Waals surface area contributed by atoms with Crippen LogP contribution in [-0.2, 0) is 4.79 Å². The van der Waals surface area contributed by atoms with Crippen LogP contribution in [0.1, 0.15) is 48.9 Å². The number of hydrogen-bond acceptors (Lipinski definition) is 3. The Labute approximate surface area is 136 Å². The lowest BCUT2D eigenvalue weighted by Gasteiger charge is -2.55.